The standard InChI is InChI=1S/C19H22O4S/c1-14(20-2)11-21-15-3-7-18(8-4-15)24-19-9-5-16(6-10-19)22-12-17-13-23-17/h3-10,14,17H,11-13H2,1-2H3. The average molecular weight is 346 g/mol. The molecule has 2 aromatic rings. The molecule has 0 aliphatic carbocycles. The molecule has 24 heavy (non-hydrogen) atoms. The molecule has 2 unspecified atom stereocenters. The number of hydrogen-bond acceptors (Lipinski definition) is 5. The van der Waals surface area contributed by atoms with E-state index in [9.17, 15) is 0 Å². The molecule has 5 heteroatoms. The third-order valence-corrected chi connectivity index (χ3v) is 4.62. The highest BCUT2D eigenvalue weighted by atomic mass is 32.2. The van der Waals surface area contributed by atoms with Crippen molar-refractivity contribution in [2.75, 3.05) is 26.9 Å². The number of benzene rings is 2. The minimum Gasteiger partial charge on any atom is -0.491 e. The van der Waals surface area contributed by atoms with Crippen LogP contribution in [0.5, 0.6) is 11.5 Å². The lowest BCUT2D eigenvalue weighted by atomic mass is 10.3. The van der Waals surface area contributed by atoms with Crippen LogP contribution in [0.2, 0.25) is 0 Å². The number of hydrogen-bond donors (Lipinski definition) is 0. The zero-order chi connectivity index (χ0) is 16.8. The molecule has 0 N–H and O–H groups in total. The maximum atomic E-state index is 5.67. The Morgan fingerprint density at radius 3 is 2.04 bits per heavy atom. The van der Waals surface area contributed by atoms with Gasteiger partial charge in [-0.1, -0.05) is 11.8 Å². The van der Waals surface area contributed by atoms with Gasteiger partial charge in [-0.25, -0.2) is 0 Å². The second-order valence-corrected chi connectivity index (χ2v) is 6.82. The molecular formula is C19H22O4S. The quantitative estimate of drug-likeness (QED) is 0.641. The molecule has 4 nitrogen and oxygen atoms in total. The first-order valence-corrected chi connectivity index (χ1v) is 8.82. The molecule has 0 bridgehead atoms. The van der Waals surface area contributed by atoms with Gasteiger partial charge in [-0.15, -0.1) is 0 Å². The predicted molar refractivity (Wildman–Crippen MR) is 94.2 cm³/mol. The number of methoxy groups -OCH3 is 1. The van der Waals surface area contributed by atoms with Gasteiger partial charge >= 0.3 is 0 Å². The minimum atomic E-state index is 0.0891. The van der Waals surface area contributed by atoms with E-state index in [0.29, 0.717) is 13.2 Å². The summed E-state index contributed by atoms with van der Waals surface area (Å²) in [6.45, 7) is 3.99. The van der Waals surface area contributed by atoms with Crippen LogP contribution >= 0.6 is 11.8 Å². The second kappa shape index (κ2) is 8.42. The highest BCUT2D eigenvalue weighted by Crippen LogP contribution is 2.30. The van der Waals surface area contributed by atoms with Crippen LogP contribution in [0, 0.1) is 0 Å². The van der Waals surface area contributed by atoms with Crippen molar-refractivity contribution < 1.29 is 18.9 Å². The molecule has 1 saturated heterocycles. The topological polar surface area (TPSA) is 40.2 Å². The fourth-order valence-corrected chi connectivity index (χ4v) is 2.80. The summed E-state index contributed by atoms with van der Waals surface area (Å²) in [5.74, 6) is 1.74. The minimum absolute atomic E-state index is 0.0891. The molecule has 2 atom stereocenters. The van der Waals surface area contributed by atoms with Crippen LogP contribution in [-0.4, -0.2) is 39.1 Å². The van der Waals surface area contributed by atoms with Crippen molar-refractivity contribution in [2.45, 2.75) is 28.9 Å². The van der Waals surface area contributed by atoms with Gasteiger partial charge in [0.25, 0.3) is 0 Å². The molecule has 1 fully saturated rings. The van der Waals surface area contributed by atoms with E-state index < -0.39 is 0 Å². The summed E-state index contributed by atoms with van der Waals surface area (Å²) in [4.78, 5) is 2.34. The fraction of sp³-hybridized carbons (Fsp3) is 0.368. The maximum absolute atomic E-state index is 5.67. The molecular weight excluding hydrogens is 324 g/mol. The van der Waals surface area contributed by atoms with Gasteiger partial charge in [-0.05, 0) is 55.5 Å². The molecule has 1 aliphatic rings. The smallest absolute Gasteiger partial charge is 0.119 e. The van der Waals surface area contributed by atoms with E-state index in [4.69, 9.17) is 18.9 Å². The molecule has 128 valence electrons. The maximum Gasteiger partial charge on any atom is 0.119 e. The van der Waals surface area contributed by atoms with Gasteiger partial charge in [-0.2, -0.15) is 0 Å². The number of rotatable bonds is 9. The summed E-state index contributed by atoms with van der Waals surface area (Å²) >= 11 is 1.71. The first-order valence-electron chi connectivity index (χ1n) is 8.01. The number of ether oxygens (including phenoxy) is 4. The average Bonchev–Trinajstić information content (AvgIpc) is 3.45. The van der Waals surface area contributed by atoms with Crippen LogP contribution in [0.25, 0.3) is 0 Å². The molecule has 0 spiro atoms. The van der Waals surface area contributed by atoms with Gasteiger partial charge < -0.3 is 18.9 Å². The zero-order valence-electron chi connectivity index (χ0n) is 13.9. The van der Waals surface area contributed by atoms with Crippen molar-refractivity contribution in [3.63, 3.8) is 0 Å². The Hall–Kier alpha value is -1.69. The summed E-state index contributed by atoms with van der Waals surface area (Å²) in [7, 11) is 1.68. The largest absolute Gasteiger partial charge is 0.491 e. The first-order chi connectivity index (χ1) is 11.7. The summed E-state index contributed by atoms with van der Waals surface area (Å²) in [5, 5.41) is 0. The normalized spacial score (nSPS) is 17.3. The summed E-state index contributed by atoms with van der Waals surface area (Å²) in [6.07, 6.45) is 0.373. The zero-order valence-corrected chi connectivity index (χ0v) is 14.8. The van der Waals surface area contributed by atoms with Crippen LogP contribution in [-0.2, 0) is 9.47 Å². The molecule has 0 aromatic heterocycles. The van der Waals surface area contributed by atoms with Crippen molar-refractivity contribution in [3.8, 4) is 11.5 Å². The first kappa shape index (κ1) is 17.1. The van der Waals surface area contributed by atoms with Crippen molar-refractivity contribution in [1.82, 2.24) is 0 Å². The summed E-state index contributed by atoms with van der Waals surface area (Å²) in [5.41, 5.74) is 0. The van der Waals surface area contributed by atoms with E-state index in [1.54, 1.807) is 18.9 Å². The van der Waals surface area contributed by atoms with E-state index in [-0.39, 0.29) is 12.2 Å². The van der Waals surface area contributed by atoms with Gasteiger partial charge in [0.05, 0.1) is 12.7 Å². The highest BCUT2D eigenvalue weighted by Gasteiger charge is 2.22. The van der Waals surface area contributed by atoms with E-state index in [1.807, 2.05) is 31.2 Å². The van der Waals surface area contributed by atoms with Crippen molar-refractivity contribution in [2.24, 2.45) is 0 Å². The molecule has 2 aromatic carbocycles. The molecule has 3 rings (SSSR count). The Morgan fingerprint density at radius 2 is 1.54 bits per heavy atom. The van der Waals surface area contributed by atoms with Gasteiger partial charge in [0, 0.05) is 16.9 Å². The monoisotopic (exact) mass is 346 g/mol. The van der Waals surface area contributed by atoms with Crippen molar-refractivity contribution in [1.29, 1.82) is 0 Å². The SMILES string of the molecule is COC(C)COc1ccc(Sc2ccc(OCC3CO3)cc2)cc1. The lowest BCUT2D eigenvalue weighted by Crippen LogP contribution is -2.15. The Kier molecular flexibility index (Phi) is 6.01. The van der Waals surface area contributed by atoms with E-state index in [1.165, 1.54) is 9.79 Å². The Morgan fingerprint density at radius 1 is 1.00 bits per heavy atom. The van der Waals surface area contributed by atoms with Crippen LogP contribution in [0.4, 0.5) is 0 Å². The van der Waals surface area contributed by atoms with E-state index in [2.05, 4.69) is 24.3 Å². The molecule has 1 heterocycles. The highest BCUT2D eigenvalue weighted by molar-refractivity contribution is 7.99. The van der Waals surface area contributed by atoms with Crippen molar-refractivity contribution in [3.05, 3.63) is 48.5 Å². The third kappa shape index (κ3) is 5.44. The van der Waals surface area contributed by atoms with Gasteiger partial charge in [-0.3, -0.25) is 0 Å². The molecule has 1 aliphatic heterocycles. The lowest BCUT2D eigenvalue weighted by molar-refractivity contribution is 0.0716. The van der Waals surface area contributed by atoms with Crippen LogP contribution in [0.3, 0.4) is 0 Å². The molecule has 0 radical (unpaired) electrons. The summed E-state index contributed by atoms with van der Waals surface area (Å²) < 4.78 is 21.6. The summed E-state index contributed by atoms with van der Waals surface area (Å²) in [6, 6.07) is 16.2. The van der Waals surface area contributed by atoms with Gasteiger partial charge in [0.1, 0.15) is 30.8 Å². The van der Waals surface area contributed by atoms with Crippen LogP contribution in [0.15, 0.2) is 58.3 Å². The number of epoxide rings is 1. The Labute approximate surface area is 147 Å². The van der Waals surface area contributed by atoms with E-state index in [0.717, 1.165) is 18.1 Å². The van der Waals surface area contributed by atoms with Gasteiger partial charge in [0.2, 0.25) is 0 Å². The Bertz CT molecular complexity index is 623. The molecule has 0 saturated carbocycles. The fourth-order valence-electron chi connectivity index (χ4n) is 1.98. The van der Waals surface area contributed by atoms with Gasteiger partial charge in [0.15, 0.2) is 0 Å². The van der Waals surface area contributed by atoms with Crippen molar-refractivity contribution >= 4 is 11.8 Å². The second-order valence-electron chi connectivity index (χ2n) is 5.67. The third-order valence-electron chi connectivity index (χ3n) is 3.61. The molecule has 0 amide bonds. The van der Waals surface area contributed by atoms with E-state index >= 15 is 0 Å². The van der Waals surface area contributed by atoms with Crippen LogP contribution in [0.1, 0.15) is 6.92 Å². The van der Waals surface area contributed by atoms with Crippen LogP contribution < -0.4 is 9.47 Å². The lowest BCUT2D eigenvalue weighted by Gasteiger charge is -2.11. The Balaban J connectivity index is 1.49. The predicted octanol–water partition coefficient (Wildman–Crippen LogP) is 4.03.